The second-order valence-corrected chi connectivity index (χ2v) is 13.2. The summed E-state index contributed by atoms with van der Waals surface area (Å²) in [5, 5.41) is 15.0. The minimum Gasteiger partial charge on any atom is -0.456 e. The van der Waals surface area contributed by atoms with Crippen LogP contribution in [0.25, 0.3) is 109 Å². The Balaban J connectivity index is 1.15. The maximum Gasteiger partial charge on any atom is 0.136 e. The minimum atomic E-state index is 0.940. The molecule has 0 saturated carbocycles. The first-order chi connectivity index (χ1) is 24.3. The van der Waals surface area contributed by atoms with Crippen LogP contribution in [0.4, 0.5) is 0 Å². The first-order valence-electron chi connectivity index (χ1n) is 16.9. The van der Waals surface area contributed by atoms with Crippen molar-refractivity contribution in [1.29, 1.82) is 0 Å². The van der Waals surface area contributed by atoms with E-state index in [1.807, 2.05) is 0 Å². The number of fused-ring (bicyclic) bond motifs is 5. The van der Waals surface area contributed by atoms with Crippen molar-refractivity contribution in [2.24, 2.45) is 0 Å². The number of rotatable bonds is 3. The van der Waals surface area contributed by atoms with Gasteiger partial charge >= 0.3 is 0 Å². The van der Waals surface area contributed by atoms with Crippen molar-refractivity contribution < 1.29 is 4.42 Å². The van der Waals surface area contributed by atoms with Crippen LogP contribution < -0.4 is 0 Å². The zero-order valence-corrected chi connectivity index (χ0v) is 26.6. The highest BCUT2D eigenvalue weighted by atomic mass is 16.3. The SMILES string of the molecule is c1ccc2c(c1)cc(-c1ccc(-c3c4ccccc4c(-c4ccc5oc6cccc7ccc4c5c76)c4ccccc34)cc1)c1ccccc12. The van der Waals surface area contributed by atoms with E-state index in [9.17, 15) is 0 Å². The normalized spacial score (nSPS) is 12.1. The Morgan fingerprint density at radius 1 is 0.286 bits per heavy atom. The summed E-state index contributed by atoms with van der Waals surface area (Å²) in [6, 6.07) is 62.1. The van der Waals surface area contributed by atoms with Crippen LogP contribution in [0.5, 0.6) is 0 Å². The molecule has 49 heavy (non-hydrogen) atoms. The zero-order chi connectivity index (χ0) is 32.1. The third kappa shape index (κ3) is 3.76. The van der Waals surface area contributed by atoms with Crippen molar-refractivity contribution in [2.75, 3.05) is 0 Å². The Kier molecular flexibility index (Phi) is 5.45. The summed E-state index contributed by atoms with van der Waals surface area (Å²) < 4.78 is 6.34. The fourth-order valence-corrected chi connectivity index (χ4v) is 8.50. The molecular formula is C48H28O. The van der Waals surface area contributed by atoms with Gasteiger partial charge in [-0.15, -0.1) is 0 Å². The molecule has 10 aromatic carbocycles. The Labute approximate surface area is 282 Å². The van der Waals surface area contributed by atoms with Crippen LogP contribution >= 0.6 is 0 Å². The molecule has 1 nitrogen and oxygen atoms in total. The maximum absolute atomic E-state index is 6.34. The van der Waals surface area contributed by atoms with E-state index in [2.05, 4.69) is 170 Å². The fourth-order valence-electron chi connectivity index (χ4n) is 8.50. The summed E-state index contributed by atoms with van der Waals surface area (Å²) >= 11 is 0. The molecule has 0 bridgehead atoms. The first kappa shape index (κ1) is 26.6. The van der Waals surface area contributed by atoms with Crippen molar-refractivity contribution in [3.05, 3.63) is 170 Å². The molecule has 0 aliphatic carbocycles. The van der Waals surface area contributed by atoms with E-state index in [0.29, 0.717) is 0 Å². The summed E-state index contributed by atoms with van der Waals surface area (Å²) in [7, 11) is 0. The van der Waals surface area contributed by atoms with Crippen LogP contribution in [0.15, 0.2) is 174 Å². The Hall–Kier alpha value is -6.44. The van der Waals surface area contributed by atoms with Crippen LogP contribution in [0, 0.1) is 0 Å². The van der Waals surface area contributed by atoms with Gasteiger partial charge < -0.3 is 4.42 Å². The molecule has 1 heterocycles. The lowest BCUT2D eigenvalue weighted by Crippen LogP contribution is -1.92. The molecule has 0 fully saturated rings. The second kappa shape index (κ2) is 10.0. The molecule has 0 aliphatic rings. The van der Waals surface area contributed by atoms with E-state index in [1.54, 1.807) is 0 Å². The smallest absolute Gasteiger partial charge is 0.136 e. The predicted octanol–water partition coefficient (Wildman–Crippen LogP) is 13.8. The molecule has 0 saturated heterocycles. The van der Waals surface area contributed by atoms with Gasteiger partial charge in [-0.1, -0.05) is 146 Å². The molecule has 1 aromatic heterocycles. The highest BCUT2D eigenvalue weighted by Gasteiger charge is 2.21. The van der Waals surface area contributed by atoms with Gasteiger partial charge in [-0.05, 0) is 112 Å². The maximum atomic E-state index is 6.34. The highest BCUT2D eigenvalue weighted by Crippen LogP contribution is 2.48. The molecule has 0 radical (unpaired) electrons. The van der Waals surface area contributed by atoms with Gasteiger partial charge in [0.2, 0.25) is 0 Å². The molecule has 0 unspecified atom stereocenters. The molecule has 0 spiro atoms. The fraction of sp³-hybridized carbons (Fsp3) is 0. The summed E-state index contributed by atoms with van der Waals surface area (Å²) in [5.74, 6) is 0. The second-order valence-electron chi connectivity index (χ2n) is 13.2. The van der Waals surface area contributed by atoms with Gasteiger partial charge in [0, 0.05) is 10.8 Å². The molecule has 1 heteroatoms. The lowest BCUT2D eigenvalue weighted by molar-refractivity contribution is 0.669. The van der Waals surface area contributed by atoms with Gasteiger partial charge in [-0.3, -0.25) is 0 Å². The monoisotopic (exact) mass is 620 g/mol. The molecule has 0 N–H and O–H groups in total. The van der Waals surface area contributed by atoms with Crippen LogP contribution in [0.2, 0.25) is 0 Å². The average molecular weight is 621 g/mol. The van der Waals surface area contributed by atoms with E-state index in [0.717, 1.165) is 11.2 Å². The quantitative estimate of drug-likeness (QED) is 0.141. The number of hydrogen-bond acceptors (Lipinski definition) is 1. The van der Waals surface area contributed by atoms with Crippen molar-refractivity contribution >= 4 is 75.8 Å². The number of benzene rings is 10. The third-order valence-corrected chi connectivity index (χ3v) is 10.6. The van der Waals surface area contributed by atoms with Gasteiger partial charge in [0.05, 0.1) is 0 Å². The first-order valence-corrected chi connectivity index (χ1v) is 16.9. The van der Waals surface area contributed by atoms with Gasteiger partial charge in [-0.25, -0.2) is 0 Å². The lowest BCUT2D eigenvalue weighted by atomic mass is 9.84. The summed E-state index contributed by atoms with van der Waals surface area (Å²) in [4.78, 5) is 0. The van der Waals surface area contributed by atoms with Gasteiger partial charge in [0.25, 0.3) is 0 Å². The molecule has 11 rings (SSSR count). The van der Waals surface area contributed by atoms with E-state index < -0.39 is 0 Å². The average Bonchev–Trinajstić information content (AvgIpc) is 3.56. The number of furan rings is 1. The summed E-state index contributed by atoms with van der Waals surface area (Å²) in [6.45, 7) is 0. The summed E-state index contributed by atoms with van der Waals surface area (Å²) in [6.07, 6.45) is 0. The molecule has 0 atom stereocenters. The summed E-state index contributed by atoms with van der Waals surface area (Å²) in [5.41, 5.74) is 9.36. The van der Waals surface area contributed by atoms with Crippen molar-refractivity contribution in [2.45, 2.75) is 0 Å². The molecule has 0 amide bonds. The van der Waals surface area contributed by atoms with Crippen molar-refractivity contribution in [3.8, 4) is 33.4 Å². The topological polar surface area (TPSA) is 13.1 Å². The van der Waals surface area contributed by atoms with E-state index in [-0.39, 0.29) is 0 Å². The van der Waals surface area contributed by atoms with Gasteiger partial charge in [0.15, 0.2) is 0 Å². The molecule has 11 aromatic rings. The van der Waals surface area contributed by atoms with Gasteiger partial charge in [0.1, 0.15) is 11.2 Å². The third-order valence-electron chi connectivity index (χ3n) is 10.6. The Bertz CT molecular complexity index is 3030. The zero-order valence-electron chi connectivity index (χ0n) is 26.6. The van der Waals surface area contributed by atoms with E-state index in [1.165, 1.54) is 98.0 Å². The van der Waals surface area contributed by atoms with Crippen LogP contribution in [-0.4, -0.2) is 0 Å². The lowest BCUT2D eigenvalue weighted by Gasteiger charge is -2.19. The predicted molar refractivity (Wildman–Crippen MR) is 209 cm³/mol. The molecule has 0 aliphatic heterocycles. The van der Waals surface area contributed by atoms with Crippen LogP contribution in [0.3, 0.4) is 0 Å². The molecule has 226 valence electrons. The van der Waals surface area contributed by atoms with E-state index >= 15 is 0 Å². The van der Waals surface area contributed by atoms with Crippen LogP contribution in [-0.2, 0) is 0 Å². The number of hydrogen-bond donors (Lipinski definition) is 0. The largest absolute Gasteiger partial charge is 0.456 e. The van der Waals surface area contributed by atoms with Crippen molar-refractivity contribution in [1.82, 2.24) is 0 Å². The Morgan fingerprint density at radius 2 is 0.857 bits per heavy atom. The van der Waals surface area contributed by atoms with Crippen LogP contribution in [0.1, 0.15) is 0 Å². The highest BCUT2D eigenvalue weighted by molar-refractivity contribution is 6.28. The Morgan fingerprint density at radius 3 is 1.59 bits per heavy atom. The van der Waals surface area contributed by atoms with Gasteiger partial charge in [-0.2, -0.15) is 0 Å². The molecular weight excluding hydrogens is 593 g/mol. The minimum absolute atomic E-state index is 0.940. The van der Waals surface area contributed by atoms with Crippen molar-refractivity contribution in [3.63, 3.8) is 0 Å². The van der Waals surface area contributed by atoms with E-state index in [4.69, 9.17) is 4.42 Å². The standard InChI is InChI=1S/C48H28O/c1-2-12-33-32(10-1)28-42(35-14-4-3-13-34(33)35)29-20-22-31(23-21-29)45-36-15-5-7-17-38(36)47(39-18-8-6-16-37(39)45)40-26-27-44-48-41(40)25-24-30-11-9-19-43(49-44)46(30)48/h1-28H.